The smallest absolute Gasteiger partial charge is 0.264 e. The summed E-state index contributed by atoms with van der Waals surface area (Å²) in [7, 11) is 0. The largest absolute Gasteiger partial charge is 0.323 e. The molecule has 4 rings (SSSR count). The summed E-state index contributed by atoms with van der Waals surface area (Å²) in [5.74, 6) is -1.09. The number of hydrogen-bond acceptors (Lipinski definition) is 4. The van der Waals surface area contributed by atoms with Crippen molar-refractivity contribution >= 4 is 45.8 Å². The molecule has 1 amide bonds. The number of aryl methyl sites for hydroxylation is 1. The van der Waals surface area contributed by atoms with Crippen LogP contribution in [0.15, 0.2) is 53.7 Å². The summed E-state index contributed by atoms with van der Waals surface area (Å²) < 4.78 is 16.0. The summed E-state index contributed by atoms with van der Waals surface area (Å²) in [4.78, 5) is 29.4. The van der Waals surface area contributed by atoms with Crippen LogP contribution >= 0.6 is 23.2 Å². The summed E-state index contributed by atoms with van der Waals surface area (Å²) >= 11 is 12.0. The van der Waals surface area contributed by atoms with E-state index < -0.39 is 17.3 Å². The number of carbonyl (C=O) groups is 1. The minimum atomic E-state index is -0.552. The van der Waals surface area contributed by atoms with E-state index in [2.05, 4.69) is 15.4 Å². The monoisotopic (exact) mass is 445 g/mol. The summed E-state index contributed by atoms with van der Waals surface area (Å²) in [5.41, 5.74) is 1.62. The molecule has 1 N–H and O–H groups in total. The maximum Gasteiger partial charge on any atom is 0.264 e. The molecule has 0 aliphatic heterocycles. The fraction of sp³-hybridized carbons (Fsp3) is 0.100. The molecule has 2 aromatic heterocycles. The quantitative estimate of drug-likeness (QED) is 0.515. The lowest BCUT2D eigenvalue weighted by Gasteiger charge is -2.10. The molecule has 0 bridgehead atoms. The van der Waals surface area contributed by atoms with Gasteiger partial charge in [0.1, 0.15) is 24.1 Å². The number of amides is 1. The van der Waals surface area contributed by atoms with Gasteiger partial charge in [-0.15, -0.1) is 0 Å². The Bertz CT molecular complexity index is 1350. The molecule has 0 spiro atoms. The van der Waals surface area contributed by atoms with Crippen LogP contribution in [-0.4, -0.2) is 25.2 Å². The zero-order chi connectivity index (χ0) is 21.4. The second kappa shape index (κ2) is 7.89. The number of nitrogens with one attached hydrogen (secondary N) is 1. The first-order valence-electron chi connectivity index (χ1n) is 8.78. The van der Waals surface area contributed by atoms with Gasteiger partial charge in [0.2, 0.25) is 5.91 Å². The lowest BCUT2D eigenvalue weighted by atomic mass is 10.2. The van der Waals surface area contributed by atoms with E-state index in [-0.39, 0.29) is 22.6 Å². The third-order valence-corrected chi connectivity index (χ3v) is 5.04. The SMILES string of the molecule is Cc1ccc(Cl)cc1-n1ncc2c(=O)n(CC(=O)Nc3cc(F)ccc3Cl)cnc21. The predicted molar refractivity (Wildman–Crippen MR) is 113 cm³/mol. The van der Waals surface area contributed by atoms with Crippen LogP contribution < -0.4 is 10.9 Å². The lowest BCUT2D eigenvalue weighted by molar-refractivity contribution is -0.116. The van der Waals surface area contributed by atoms with E-state index in [9.17, 15) is 14.0 Å². The molecule has 152 valence electrons. The molecule has 7 nitrogen and oxygen atoms in total. The van der Waals surface area contributed by atoms with Crippen molar-refractivity contribution in [3.05, 3.63) is 80.7 Å². The Morgan fingerprint density at radius 2 is 2.00 bits per heavy atom. The second-order valence-corrected chi connectivity index (χ2v) is 7.42. The van der Waals surface area contributed by atoms with Crippen LogP contribution in [-0.2, 0) is 11.3 Å². The predicted octanol–water partition coefficient (Wildman–Crippen LogP) is 3.98. The second-order valence-electron chi connectivity index (χ2n) is 6.57. The first kappa shape index (κ1) is 20.1. The third-order valence-electron chi connectivity index (χ3n) is 4.47. The number of fused-ring (bicyclic) bond motifs is 1. The highest BCUT2D eigenvalue weighted by Crippen LogP contribution is 2.23. The molecule has 0 fully saturated rings. The van der Waals surface area contributed by atoms with Gasteiger partial charge in [0, 0.05) is 5.02 Å². The van der Waals surface area contributed by atoms with E-state index in [4.69, 9.17) is 23.2 Å². The molecule has 4 aromatic rings. The summed E-state index contributed by atoms with van der Waals surface area (Å²) in [6, 6.07) is 8.94. The van der Waals surface area contributed by atoms with Crippen LogP contribution in [0.1, 0.15) is 5.56 Å². The molecule has 0 aliphatic rings. The molecule has 2 heterocycles. The van der Waals surface area contributed by atoms with Gasteiger partial charge >= 0.3 is 0 Å². The molecular formula is C20H14Cl2FN5O2. The Morgan fingerprint density at radius 3 is 2.80 bits per heavy atom. The highest BCUT2D eigenvalue weighted by atomic mass is 35.5. The van der Waals surface area contributed by atoms with Gasteiger partial charge in [0.05, 0.1) is 22.6 Å². The molecule has 10 heteroatoms. The number of aromatic nitrogens is 4. The minimum absolute atomic E-state index is 0.119. The fourth-order valence-electron chi connectivity index (χ4n) is 2.99. The lowest BCUT2D eigenvalue weighted by Crippen LogP contribution is -2.28. The van der Waals surface area contributed by atoms with Crippen molar-refractivity contribution < 1.29 is 9.18 Å². The first-order valence-corrected chi connectivity index (χ1v) is 9.53. The summed E-state index contributed by atoms with van der Waals surface area (Å²) in [6.07, 6.45) is 2.65. The van der Waals surface area contributed by atoms with E-state index in [1.807, 2.05) is 13.0 Å². The van der Waals surface area contributed by atoms with Gasteiger partial charge in [-0.2, -0.15) is 5.10 Å². The van der Waals surface area contributed by atoms with Crippen LogP contribution in [0.4, 0.5) is 10.1 Å². The maximum atomic E-state index is 13.4. The van der Waals surface area contributed by atoms with Crippen molar-refractivity contribution in [1.29, 1.82) is 0 Å². The fourth-order valence-corrected chi connectivity index (χ4v) is 3.32. The van der Waals surface area contributed by atoms with Crippen LogP contribution in [0, 0.1) is 12.7 Å². The van der Waals surface area contributed by atoms with E-state index in [0.717, 1.165) is 16.2 Å². The number of nitrogens with zero attached hydrogens (tertiary/aromatic N) is 4. The molecule has 2 aromatic carbocycles. The maximum absolute atomic E-state index is 13.4. The summed E-state index contributed by atoms with van der Waals surface area (Å²) in [5, 5.41) is 7.70. The molecule has 0 saturated heterocycles. The Balaban J connectivity index is 1.65. The van der Waals surface area contributed by atoms with E-state index >= 15 is 0 Å². The molecular weight excluding hydrogens is 432 g/mol. The Kier molecular flexibility index (Phi) is 5.27. The number of anilines is 1. The number of carbonyl (C=O) groups excluding carboxylic acids is 1. The van der Waals surface area contributed by atoms with Gasteiger partial charge in [0.25, 0.3) is 5.56 Å². The molecule has 0 saturated carbocycles. The van der Waals surface area contributed by atoms with Gasteiger partial charge in [-0.3, -0.25) is 14.2 Å². The Labute approximate surface area is 179 Å². The molecule has 30 heavy (non-hydrogen) atoms. The van der Waals surface area contributed by atoms with E-state index in [0.29, 0.717) is 16.4 Å². The van der Waals surface area contributed by atoms with Gasteiger partial charge in [-0.05, 0) is 42.8 Å². The average molecular weight is 446 g/mol. The van der Waals surface area contributed by atoms with Crippen molar-refractivity contribution in [2.24, 2.45) is 0 Å². The van der Waals surface area contributed by atoms with E-state index in [1.165, 1.54) is 29.3 Å². The third kappa shape index (κ3) is 3.79. The van der Waals surface area contributed by atoms with Crippen molar-refractivity contribution in [3.8, 4) is 5.69 Å². The first-order chi connectivity index (χ1) is 14.3. The van der Waals surface area contributed by atoms with Crippen LogP contribution in [0.25, 0.3) is 16.7 Å². The van der Waals surface area contributed by atoms with Gasteiger partial charge in [-0.25, -0.2) is 14.1 Å². The molecule has 0 radical (unpaired) electrons. The number of rotatable bonds is 4. The number of hydrogen-bond donors (Lipinski definition) is 1. The molecule has 0 aliphatic carbocycles. The zero-order valence-corrected chi connectivity index (χ0v) is 17.1. The highest BCUT2D eigenvalue weighted by Gasteiger charge is 2.15. The normalized spacial score (nSPS) is 11.1. The molecule has 0 atom stereocenters. The van der Waals surface area contributed by atoms with E-state index in [1.54, 1.807) is 12.1 Å². The number of benzene rings is 2. The standard InChI is InChI=1S/C20H14Cl2FN5O2/c1-11-2-3-12(21)6-17(11)28-19-14(8-25-28)20(30)27(10-24-19)9-18(29)26-16-7-13(23)4-5-15(16)22/h2-8,10H,9H2,1H3,(H,26,29). The van der Waals surface area contributed by atoms with Gasteiger partial charge in [-0.1, -0.05) is 29.3 Å². The van der Waals surface area contributed by atoms with Crippen LogP contribution in [0.2, 0.25) is 10.0 Å². The van der Waals surface area contributed by atoms with Crippen molar-refractivity contribution in [3.63, 3.8) is 0 Å². The average Bonchev–Trinajstić information content (AvgIpc) is 3.13. The Morgan fingerprint density at radius 1 is 1.20 bits per heavy atom. The topological polar surface area (TPSA) is 81.8 Å². The Hall–Kier alpha value is -3.23. The van der Waals surface area contributed by atoms with Crippen molar-refractivity contribution in [2.75, 3.05) is 5.32 Å². The summed E-state index contributed by atoms with van der Waals surface area (Å²) in [6.45, 7) is 1.57. The highest BCUT2D eigenvalue weighted by molar-refractivity contribution is 6.33. The van der Waals surface area contributed by atoms with Gasteiger partial charge in [0.15, 0.2) is 5.65 Å². The van der Waals surface area contributed by atoms with Crippen LogP contribution in [0.5, 0.6) is 0 Å². The van der Waals surface area contributed by atoms with Crippen molar-refractivity contribution in [1.82, 2.24) is 19.3 Å². The van der Waals surface area contributed by atoms with Crippen LogP contribution in [0.3, 0.4) is 0 Å². The zero-order valence-electron chi connectivity index (χ0n) is 15.6. The minimum Gasteiger partial charge on any atom is -0.323 e. The van der Waals surface area contributed by atoms with Gasteiger partial charge < -0.3 is 5.32 Å². The van der Waals surface area contributed by atoms with Crippen molar-refractivity contribution in [2.45, 2.75) is 13.5 Å². The molecule has 0 unspecified atom stereocenters. The number of halogens is 3.